The Balaban J connectivity index is 0. The van der Waals surface area contributed by atoms with Gasteiger partial charge in [0.2, 0.25) is 5.91 Å². The van der Waals surface area contributed by atoms with Gasteiger partial charge in [0.25, 0.3) is 0 Å². The fraction of sp³-hybridized carbons (Fsp3) is 0.500. The van der Waals surface area contributed by atoms with E-state index in [4.69, 9.17) is 14.6 Å². The second-order valence-corrected chi connectivity index (χ2v) is 15.3. The molecule has 3 amide bonds. The molecule has 58 heavy (non-hydrogen) atoms. The average molecular weight is 831 g/mol. The molecule has 0 heterocycles. The average Bonchev–Trinajstić information content (AvgIpc) is 3.13. The minimum atomic E-state index is -1.05. The van der Waals surface area contributed by atoms with Crippen LogP contribution in [0.15, 0.2) is 85.0 Å². The molecular formula is C44H67ClN4O9. The van der Waals surface area contributed by atoms with Crippen molar-refractivity contribution in [2.75, 3.05) is 14.1 Å². The molecule has 2 aromatic carbocycles. The van der Waals surface area contributed by atoms with E-state index in [2.05, 4.69) is 21.7 Å². The van der Waals surface area contributed by atoms with Crippen molar-refractivity contribution < 1.29 is 43.3 Å². The van der Waals surface area contributed by atoms with Crippen LogP contribution < -0.4 is 21.7 Å². The Bertz CT molecular complexity index is 1590. The number of aryl methyl sites for hydroxylation is 2. The van der Waals surface area contributed by atoms with Gasteiger partial charge in [-0.15, -0.1) is 12.4 Å². The number of carboxylic acid groups (broad SMARTS) is 1. The predicted molar refractivity (Wildman–Crippen MR) is 231 cm³/mol. The zero-order chi connectivity index (χ0) is 43.6. The first-order valence-electron chi connectivity index (χ1n) is 19.2. The summed E-state index contributed by atoms with van der Waals surface area (Å²) in [5, 5.41) is 16.5. The van der Waals surface area contributed by atoms with Crippen LogP contribution in [0.25, 0.3) is 0 Å². The van der Waals surface area contributed by atoms with Gasteiger partial charge in [-0.25, -0.2) is 14.4 Å². The second kappa shape index (κ2) is 29.2. The normalized spacial score (nSPS) is 13.1. The quantitative estimate of drug-likeness (QED) is 0.0960. The van der Waals surface area contributed by atoms with Crippen LogP contribution in [0.5, 0.6) is 0 Å². The second-order valence-electron chi connectivity index (χ2n) is 15.3. The molecule has 0 saturated heterocycles. The highest BCUT2D eigenvalue weighted by Gasteiger charge is 2.24. The number of hydrogen-bond acceptors (Lipinski definition) is 9. The largest absolute Gasteiger partial charge is 0.478 e. The lowest BCUT2D eigenvalue weighted by Crippen LogP contribution is -2.42. The van der Waals surface area contributed by atoms with Gasteiger partial charge in [-0.2, -0.15) is 0 Å². The molecule has 0 aliphatic rings. The molecule has 4 atom stereocenters. The predicted octanol–water partition coefficient (Wildman–Crippen LogP) is 7.16. The van der Waals surface area contributed by atoms with E-state index in [-0.39, 0.29) is 54.6 Å². The number of rotatable bonds is 18. The van der Waals surface area contributed by atoms with Gasteiger partial charge >= 0.3 is 18.2 Å². The minimum Gasteiger partial charge on any atom is -0.478 e. The molecule has 13 nitrogen and oxygen atoms in total. The summed E-state index contributed by atoms with van der Waals surface area (Å²) in [6.45, 7) is 13.8. The van der Waals surface area contributed by atoms with Gasteiger partial charge in [-0.05, 0) is 117 Å². The zero-order valence-electron chi connectivity index (χ0n) is 35.8. The number of nitrogens with two attached hydrogens (primary N) is 1. The summed E-state index contributed by atoms with van der Waals surface area (Å²) in [5.41, 5.74) is 5.53. The van der Waals surface area contributed by atoms with Crippen LogP contribution in [-0.4, -0.2) is 78.1 Å². The molecule has 324 valence electrons. The van der Waals surface area contributed by atoms with Crippen molar-refractivity contribution in [3.8, 4) is 0 Å². The number of carbonyl (C=O) groups is 6. The first kappa shape index (κ1) is 55.1. The molecule has 2 rings (SSSR count). The summed E-state index contributed by atoms with van der Waals surface area (Å²) in [7, 11) is 3.06. The lowest BCUT2D eigenvalue weighted by molar-refractivity contribution is -0.131. The number of allylic oxidation sites excluding steroid dienone is 2. The number of likely N-dealkylation sites (N-methyl/N-ethyl adjacent to an activating group) is 1. The third-order valence-electron chi connectivity index (χ3n) is 7.93. The Labute approximate surface area is 351 Å². The van der Waals surface area contributed by atoms with E-state index in [1.807, 2.05) is 60.7 Å². The Morgan fingerprint density at radius 3 is 1.31 bits per heavy atom. The Hall–Kier alpha value is -5.01. The highest BCUT2D eigenvalue weighted by Crippen LogP contribution is 2.19. The monoisotopic (exact) mass is 830 g/mol. The first-order chi connectivity index (χ1) is 26.7. The standard InChI is InChI=1S/C22H32N2O4.C21H29NO5.CH5N.ClH/c1-16(24-21(27)28-22(2,3)4)19(25)15-18(13-14-20(26)23-5)12-11-17-9-7-6-8-10-17;1-15(22-20(26)27-21(2,3)4)18(23)14-17(12-13-19(24)25)11-10-16-8-6-5-7-9-16;1-2;/h6-10,13-14,16,18H,11-12,15H2,1-5H3,(H,23,26)(H,24,27);5-9,12-13,15,17H,10-11,14H2,1-4H3,(H,22,26)(H,24,25);2H2,1H3;1H/b14-13+;13-12+;;/t16-,18-;15-,17-;;/m00../s1. The number of benzene rings is 2. The molecule has 0 aromatic heterocycles. The van der Waals surface area contributed by atoms with Gasteiger partial charge in [0.05, 0.1) is 12.1 Å². The number of hydrogen-bond donors (Lipinski definition) is 5. The van der Waals surface area contributed by atoms with Crippen LogP contribution in [0.1, 0.15) is 92.2 Å². The van der Waals surface area contributed by atoms with Crippen molar-refractivity contribution in [3.05, 3.63) is 96.1 Å². The molecule has 0 radical (unpaired) electrons. The number of aliphatic carboxylic acids is 1. The van der Waals surface area contributed by atoms with E-state index in [1.54, 1.807) is 74.6 Å². The Morgan fingerprint density at radius 2 is 1.00 bits per heavy atom. The Kier molecular flexibility index (Phi) is 27.8. The number of halogens is 1. The Morgan fingerprint density at radius 1 is 0.655 bits per heavy atom. The lowest BCUT2D eigenvalue weighted by Gasteiger charge is -2.22. The van der Waals surface area contributed by atoms with Crippen LogP contribution in [0.4, 0.5) is 9.59 Å². The summed E-state index contributed by atoms with van der Waals surface area (Å²) in [4.78, 5) is 71.1. The fourth-order valence-corrected chi connectivity index (χ4v) is 5.05. The molecule has 0 saturated carbocycles. The summed E-state index contributed by atoms with van der Waals surface area (Å²) in [6, 6.07) is 18.4. The van der Waals surface area contributed by atoms with Crippen LogP contribution in [0, 0.1) is 11.8 Å². The topological polar surface area (TPSA) is 203 Å². The van der Waals surface area contributed by atoms with E-state index in [1.165, 1.54) is 18.7 Å². The van der Waals surface area contributed by atoms with E-state index in [9.17, 15) is 28.8 Å². The summed E-state index contributed by atoms with van der Waals surface area (Å²) in [5.74, 6) is -1.87. The molecule has 0 aliphatic carbocycles. The van der Waals surface area contributed by atoms with Crippen molar-refractivity contribution in [1.29, 1.82) is 0 Å². The maximum atomic E-state index is 12.6. The lowest BCUT2D eigenvalue weighted by atomic mass is 9.92. The van der Waals surface area contributed by atoms with Crippen molar-refractivity contribution in [3.63, 3.8) is 0 Å². The molecule has 6 N–H and O–H groups in total. The van der Waals surface area contributed by atoms with Crippen molar-refractivity contribution in [2.45, 2.75) is 117 Å². The number of carbonyl (C=O) groups excluding carboxylic acids is 5. The SMILES string of the molecule is CN.CNC(=O)/C=C/[C@H](CCc1ccccc1)CC(=O)[C@H](C)NC(=O)OC(C)(C)C.C[C@H](NC(=O)OC(C)(C)C)C(=O)C[C@H](/C=C/C(=O)O)CCc1ccccc1.Cl. The third-order valence-corrected chi connectivity index (χ3v) is 7.93. The molecule has 2 aromatic rings. The van der Waals surface area contributed by atoms with Crippen LogP contribution >= 0.6 is 12.4 Å². The number of nitrogens with one attached hydrogen (secondary N) is 3. The number of amides is 3. The molecule has 0 spiro atoms. The van der Waals surface area contributed by atoms with E-state index < -0.39 is 41.4 Å². The maximum Gasteiger partial charge on any atom is 0.408 e. The summed E-state index contributed by atoms with van der Waals surface area (Å²) >= 11 is 0. The highest BCUT2D eigenvalue weighted by atomic mass is 35.5. The van der Waals surface area contributed by atoms with Gasteiger partial charge in [0.1, 0.15) is 11.2 Å². The first-order valence-corrected chi connectivity index (χ1v) is 19.2. The molecule has 0 unspecified atom stereocenters. The number of Topliss-reactive ketones (excluding diaryl/α,β-unsaturated/α-hetero) is 2. The molecule has 14 heteroatoms. The van der Waals surface area contributed by atoms with E-state index >= 15 is 0 Å². The highest BCUT2D eigenvalue weighted by molar-refractivity contribution is 5.89. The van der Waals surface area contributed by atoms with Crippen molar-refractivity contribution in [1.82, 2.24) is 16.0 Å². The van der Waals surface area contributed by atoms with Crippen LogP contribution in [0.3, 0.4) is 0 Å². The van der Waals surface area contributed by atoms with Crippen molar-refractivity contribution >= 4 is 48.0 Å². The number of ketones is 2. The van der Waals surface area contributed by atoms with Gasteiger partial charge < -0.3 is 36.3 Å². The molecule has 0 fully saturated rings. The van der Waals surface area contributed by atoms with Crippen LogP contribution in [-0.2, 0) is 41.5 Å². The molecule has 0 bridgehead atoms. The smallest absolute Gasteiger partial charge is 0.408 e. The molecule has 0 aliphatic heterocycles. The van der Waals surface area contributed by atoms with E-state index in [0.717, 1.165) is 30.9 Å². The van der Waals surface area contributed by atoms with Gasteiger partial charge in [-0.3, -0.25) is 14.4 Å². The fourth-order valence-electron chi connectivity index (χ4n) is 5.05. The number of carboxylic acids is 1. The van der Waals surface area contributed by atoms with Gasteiger partial charge in [0, 0.05) is 26.0 Å². The number of ether oxygens (including phenoxy) is 2. The maximum absolute atomic E-state index is 12.6. The molecular weight excluding hydrogens is 764 g/mol. The number of alkyl carbamates (subject to hydrolysis) is 2. The van der Waals surface area contributed by atoms with Crippen molar-refractivity contribution in [2.24, 2.45) is 17.6 Å². The third kappa shape index (κ3) is 28.4. The summed E-state index contributed by atoms with van der Waals surface area (Å²) in [6.07, 6.45) is 7.83. The van der Waals surface area contributed by atoms with Crippen LogP contribution in [0.2, 0.25) is 0 Å². The van der Waals surface area contributed by atoms with Gasteiger partial charge in [0.15, 0.2) is 11.6 Å². The minimum absolute atomic E-state index is 0. The zero-order valence-corrected chi connectivity index (χ0v) is 36.7. The van der Waals surface area contributed by atoms with E-state index in [0.29, 0.717) is 6.42 Å². The summed E-state index contributed by atoms with van der Waals surface area (Å²) < 4.78 is 10.3. The van der Waals surface area contributed by atoms with Gasteiger partial charge in [-0.1, -0.05) is 72.8 Å².